The second-order valence-corrected chi connectivity index (χ2v) is 7.62. The van der Waals surface area contributed by atoms with Crippen molar-refractivity contribution in [3.8, 4) is 0 Å². The Bertz CT molecular complexity index is 429. The van der Waals surface area contributed by atoms with Crippen molar-refractivity contribution in [2.24, 2.45) is 5.92 Å². The summed E-state index contributed by atoms with van der Waals surface area (Å²) in [4.78, 5) is 25.0. The third-order valence-electron chi connectivity index (χ3n) is 5.07. The van der Waals surface area contributed by atoms with Crippen LogP contribution in [-0.4, -0.2) is 49.4 Å². The summed E-state index contributed by atoms with van der Waals surface area (Å²) in [7, 11) is 1.87. The van der Waals surface area contributed by atoms with Crippen LogP contribution < -0.4 is 10.6 Å². The largest absolute Gasteiger partial charge is 0.355 e. The van der Waals surface area contributed by atoms with E-state index in [1.807, 2.05) is 11.9 Å². The Balaban J connectivity index is 2.04. The highest BCUT2D eigenvalue weighted by molar-refractivity contribution is 5.77. The minimum atomic E-state index is 0.0957. The average molecular weight is 352 g/mol. The molecule has 1 aliphatic carbocycles. The molecule has 0 radical (unpaired) electrons. The lowest BCUT2D eigenvalue weighted by Gasteiger charge is -2.31. The molecule has 0 aliphatic heterocycles. The number of nitrogens with one attached hydrogen (secondary N) is 2. The van der Waals surface area contributed by atoms with Gasteiger partial charge in [0.2, 0.25) is 11.8 Å². The third-order valence-corrected chi connectivity index (χ3v) is 5.07. The van der Waals surface area contributed by atoms with Crippen molar-refractivity contribution in [1.29, 1.82) is 0 Å². The first-order valence-electron chi connectivity index (χ1n) is 9.74. The number of hydrogen-bond acceptors (Lipinski definition) is 3. The van der Waals surface area contributed by atoms with Gasteiger partial charge in [-0.3, -0.25) is 9.59 Å². The molecule has 144 valence electrons. The summed E-state index contributed by atoms with van der Waals surface area (Å²) in [5.74, 6) is 0.829. The maximum Gasteiger partial charge on any atom is 0.233 e. The Kier molecular flexibility index (Phi) is 10.5. The number of rotatable bonds is 11. The van der Waals surface area contributed by atoms with E-state index in [0.29, 0.717) is 18.5 Å². The van der Waals surface area contributed by atoms with Crippen LogP contribution in [0, 0.1) is 5.92 Å². The van der Waals surface area contributed by atoms with Crippen LogP contribution in [0.1, 0.15) is 65.2 Å². The van der Waals surface area contributed by atoms with Gasteiger partial charge in [-0.05, 0) is 57.8 Å². The van der Waals surface area contributed by atoms with Gasteiger partial charge >= 0.3 is 0 Å². The number of nitrogens with zero attached hydrogens (tertiary/aromatic N) is 1. The first-order chi connectivity index (χ1) is 11.9. The Hall–Kier alpha value is -1.36. The maximum absolute atomic E-state index is 11.9. The molecule has 1 rings (SSSR count). The van der Waals surface area contributed by atoms with E-state index in [9.17, 15) is 9.59 Å². The molecule has 1 fully saturated rings. The summed E-state index contributed by atoms with van der Waals surface area (Å²) in [5, 5.41) is 6.37. The fourth-order valence-electron chi connectivity index (χ4n) is 3.32. The van der Waals surface area contributed by atoms with Gasteiger partial charge in [0.15, 0.2) is 0 Å². The molecular formula is C20H37N3O2. The van der Waals surface area contributed by atoms with E-state index in [0.717, 1.165) is 64.5 Å². The number of allylic oxidation sites excluding steroid dienone is 1. The Morgan fingerprint density at radius 1 is 1.08 bits per heavy atom. The molecule has 0 unspecified atom stereocenters. The van der Waals surface area contributed by atoms with E-state index in [-0.39, 0.29) is 11.8 Å². The van der Waals surface area contributed by atoms with Crippen LogP contribution in [0.2, 0.25) is 0 Å². The summed E-state index contributed by atoms with van der Waals surface area (Å²) in [6, 6.07) is 0.431. The molecular weight excluding hydrogens is 314 g/mol. The molecule has 1 aliphatic rings. The fourth-order valence-corrected chi connectivity index (χ4v) is 3.32. The Labute approximate surface area is 153 Å². The molecule has 5 nitrogen and oxygen atoms in total. The monoisotopic (exact) mass is 351 g/mol. The predicted molar refractivity (Wildman–Crippen MR) is 103 cm³/mol. The molecule has 0 aromatic carbocycles. The van der Waals surface area contributed by atoms with Gasteiger partial charge in [-0.25, -0.2) is 0 Å². The SMILES string of the molecule is C=C(C)CCCCCNC(=O)CN[C@H]1CC[C@H](CN(C)C(C)=O)CC1. The normalized spacial score (nSPS) is 20.1. The van der Waals surface area contributed by atoms with Crippen LogP contribution in [-0.2, 0) is 9.59 Å². The Morgan fingerprint density at radius 3 is 2.36 bits per heavy atom. The fraction of sp³-hybridized carbons (Fsp3) is 0.800. The smallest absolute Gasteiger partial charge is 0.233 e. The molecule has 5 heteroatoms. The van der Waals surface area contributed by atoms with Gasteiger partial charge in [0.05, 0.1) is 6.54 Å². The molecule has 0 aromatic heterocycles. The van der Waals surface area contributed by atoms with Gasteiger partial charge in [0, 0.05) is 33.1 Å². The van der Waals surface area contributed by atoms with E-state index in [1.165, 1.54) is 5.57 Å². The minimum absolute atomic E-state index is 0.0957. The van der Waals surface area contributed by atoms with E-state index in [2.05, 4.69) is 24.1 Å². The summed E-state index contributed by atoms with van der Waals surface area (Å²) >= 11 is 0. The number of carbonyl (C=O) groups excluding carboxylic acids is 2. The molecule has 0 spiro atoms. The average Bonchev–Trinajstić information content (AvgIpc) is 2.57. The lowest BCUT2D eigenvalue weighted by Crippen LogP contribution is -2.42. The van der Waals surface area contributed by atoms with Crippen molar-refractivity contribution in [2.75, 3.05) is 26.7 Å². The zero-order valence-electron chi connectivity index (χ0n) is 16.4. The summed E-state index contributed by atoms with van der Waals surface area (Å²) < 4.78 is 0. The highest BCUT2D eigenvalue weighted by Gasteiger charge is 2.22. The van der Waals surface area contributed by atoms with Crippen molar-refractivity contribution in [2.45, 2.75) is 71.3 Å². The molecule has 2 N–H and O–H groups in total. The van der Waals surface area contributed by atoms with E-state index in [4.69, 9.17) is 0 Å². The highest BCUT2D eigenvalue weighted by atomic mass is 16.2. The van der Waals surface area contributed by atoms with E-state index in [1.54, 1.807) is 6.92 Å². The molecule has 0 aromatic rings. The van der Waals surface area contributed by atoms with Crippen molar-refractivity contribution in [1.82, 2.24) is 15.5 Å². The summed E-state index contributed by atoms with van der Waals surface area (Å²) in [5.41, 5.74) is 1.23. The number of hydrogen-bond donors (Lipinski definition) is 2. The number of carbonyl (C=O) groups is 2. The predicted octanol–water partition coefficient (Wildman–Crippen LogP) is 2.87. The molecule has 0 saturated heterocycles. The van der Waals surface area contributed by atoms with Gasteiger partial charge in [-0.15, -0.1) is 6.58 Å². The third kappa shape index (κ3) is 10.3. The zero-order valence-corrected chi connectivity index (χ0v) is 16.4. The second-order valence-electron chi connectivity index (χ2n) is 7.62. The zero-order chi connectivity index (χ0) is 18.7. The highest BCUT2D eigenvalue weighted by Crippen LogP contribution is 2.24. The molecule has 2 amide bonds. The molecule has 0 atom stereocenters. The van der Waals surface area contributed by atoms with Gasteiger partial charge in [-0.2, -0.15) is 0 Å². The lowest BCUT2D eigenvalue weighted by molar-refractivity contribution is -0.128. The first kappa shape index (κ1) is 21.7. The molecule has 25 heavy (non-hydrogen) atoms. The number of unbranched alkanes of at least 4 members (excludes halogenated alkanes) is 2. The van der Waals surface area contributed by atoms with Crippen molar-refractivity contribution < 1.29 is 9.59 Å². The van der Waals surface area contributed by atoms with Crippen molar-refractivity contribution in [3.05, 3.63) is 12.2 Å². The molecule has 1 saturated carbocycles. The van der Waals surface area contributed by atoms with E-state index >= 15 is 0 Å². The van der Waals surface area contributed by atoms with Gasteiger partial charge in [-0.1, -0.05) is 12.0 Å². The van der Waals surface area contributed by atoms with Crippen molar-refractivity contribution in [3.63, 3.8) is 0 Å². The number of amides is 2. The quantitative estimate of drug-likeness (QED) is 0.444. The van der Waals surface area contributed by atoms with Crippen LogP contribution in [0.4, 0.5) is 0 Å². The van der Waals surface area contributed by atoms with Crippen LogP contribution in [0.25, 0.3) is 0 Å². The van der Waals surface area contributed by atoms with Crippen LogP contribution >= 0.6 is 0 Å². The van der Waals surface area contributed by atoms with Crippen LogP contribution in [0.15, 0.2) is 12.2 Å². The maximum atomic E-state index is 11.9. The standard InChI is InChI=1S/C20H37N3O2/c1-16(2)8-6-5-7-13-21-20(25)14-22-19-11-9-18(10-12-19)15-23(4)17(3)24/h18-19,22H,1,5-15H2,2-4H3,(H,21,25)/t18-,19-. The van der Waals surface area contributed by atoms with Gasteiger partial charge < -0.3 is 15.5 Å². The molecule has 0 heterocycles. The summed E-state index contributed by atoms with van der Waals surface area (Å²) in [6.45, 7) is 9.61. The van der Waals surface area contributed by atoms with Gasteiger partial charge in [0.1, 0.15) is 0 Å². The lowest BCUT2D eigenvalue weighted by atomic mass is 9.85. The molecule has 0 bridgehead atoms. The first-order valence-corrected chi connectivity index (χ1v) is 9.74. The topological polar surface area (TPSA) is 61.4 Å². The van der Waals surface area contributed by atoms with Crippen molar-refractivity contribution >= 4 is 11.8 Å². The minimum Gasteiger partial charge on any atom is -0.355 e. The Morgan fingerprint density at radius 2 is 1.76 bits per heavy atom. The summed E-state index contributed by atoms with van der Waals surface area (Å²) in [6.07, 6.45) is 8.84. The second kappa shape index (κ2) is 12.1. The van der Waals surface area contributed by atoms with E-state index < -0.39 is 0 Å². The van der Waals surface area contributed by atoms with Crippen LogP contribution in [0.3, 0.4) is 0 Å². The van der Waals surface area contributed by atoms with Gasteiger partial charge in [0.25, 0.3) is 0 Å². The van der Waals surface area contributed by atoms with Crippen LogP contribution in [0.5, 0.6) is 0 Å².